The van der Waals surface area contributed by atoms with E-state index < -0.39 is 10.7 Å². The molecular weight excluding hydrogens is 304 g/mol. The molecular formula is C20H32O2S. The van der Waals surface area contributed by atoms with E-state index in [1.807, 2.05) is 13.8 Å². The zero-order chi connectivity index (χ0) is 18.1. The highest BCUT2D eigenvalue weighted by Crippen LogP contribution is 2.40. The molecule has 0 bridgehead atoms. The van der Waals surface area contributed by atoms with Crippen LogP contribution in [0.25, 0.3) is 0 Å². The zero-order valence-electron chi connectivity index (χ0n) is 15.9. The third-order valence-corrected chi connectivity index (χ3v) is 5.46. The molecule has 1 aromatic rings. The van der Waals surface area contributed by atoms with E-state index in [1.165, 1.54) is 22.9 Å². The van der Waals surface area contributed by atoms with Crippen molar-refractivity contribution in [3.05, 3.63) is 29.3 Å². The zero-order valence-corrected chi connectivity index (χ0v) is 16.7. The summed E-state index contributed by atoms with van der Waals surface area (Å²) in [5.74, 6) is -0.733. The molecule has 0 spiro atoms. The van der Waals surface area contributed by atoms with Crippen LogP contribution in [0.3, 0.4) is 0 Å². The number of benzene rings is 1. The lowest BCUT2D eigenvalue weighted by atomic mass is 9.81. The first-order valence-corrected chi connectivity index (χ1v) is 9.20. The fourth-order valence-corrected chi connectivity index (χ4v) is 3.75. The molecule has 130 valence electrons. The Labute approximate surface area is 146 Å². The predicted octanol–water partition coefficient (Wildman–Crippen LogP) is 6.02. The fourth-order valence-electron chi connectivity index (χ4n) is 2.46. The van der Waals surface area contributed by atoms with E-state index in [0.717, 1.165) is 11.3 Å². The summed E-state index contributed by atoms with van der Waals surface area (Å²) in [6.07, 6.45) is 1.53. The van der Waals surface area contributed by atoms with Crippen LogP contribution in [-0.4, -0.2) is 15.8 Å². The summed E-state index contributed by atoms with van der Waals surface area (Å²) in [6, 6.07) is 6.59. The summed E-state index contributed by atoms with van der Waals surface area (Å²) in [5.41, 5.74) is 2.61. The summed E-state index contributed by atoms with van der Waals surface area (Å²) >= 11 is 1.48. The van der Waals surface area contributed by atoms with Gasteiger partial charge in [0.05, 0.1) is 0 Å². The molecule has 1 rings (SSSR count). The van der Waals surface area contributed by atoms with Gasteiger partial charge in [-0.25, -0.2) is 0 Å². The maximum Gasteiger partial charge on any atom is 0.319 e. The van der Waals surface area contributed by atoms with E-state index in [4.69, 9.17) is 0 Å². The maximum absolute atomic E-state index is 11.8. The maximum atomic E-state index is 11.8. The van der Waals surface area contributed by atoms with Gasteiger partial charge in [-0.05, 0) is 47.4 Å². The van der Waals surface area contributed by atoms with Gasteiger partial charge in [0.2, 0.25) is 0 Å². The molecule has 0 heterocycles. The Hall–Kier alpha value is -0.960. The summed E-state index contributed by atoms with van der Waals surface area (Å²) in [4.78, 5) is 12.8. The van der Waals surface area contributed by atoms with Crippen LogP contribution in [0.5, 0.6) is 0 Å². The molecule has 0 amide bonds. The van der Waals surface area contributed by atoms with E-state index in [0.29, 0.717) is 6.42 Å². The minimum atomic E-state index is -0.777. The van der Waals surface area contributed by atoms with Gasteiger partial charge in [-0.2, -0.15) is 0 Å². The van der Waals surface area contributed by atoms with E-state index in [-0.39, 0.29) is 10.8 Å². The Morgan fingerprint density at radius 2 is 1.39 bits per heavy atom. The average Bonchev–Trinajstić information content (AvgIpc) is 2.36. The number of rotatable bonds is 5. The molecule has 1 atom stereocenters. The monoisotopic (exact) mass is 336 g/mol. The van der Waals surface area contributed by atoms with Crippen molar-refractivity contribution in [2.45, 2.75) is 88.7 Å². The molecule has 0 saturated carbocycles. The van der Waals surface area contributed by atoms with Crippen molar-refractivity contribution in [2.24, 2.45) is 0 Å². The van der Waals surface area contributed by atoms with Crippen molar-refractivity contribution < 1.29 is 9.90 Å². The van der Waals surface area contributed by atoms with E-state index in [1.54, 1.807) is 0 Å². The molecule has 0 aliphatic carbocycles. The normalized spacial score (nSPS) is 15.3. The lowest BCUT2D eigenvalue weighted by Crippen LogP contribution is -2.31. The van der Waals surface area contributed by atoms with Crippen LogP contribution >= 0.6 is 11.8 Å². The van der Waals surface area contributed by atoms with Crippen molar-refractivity contribution in [3.63, 3.8) is 0 Å². The minimum absolute atomic E-state index is 0.0426. The van der Waals surface area contributed by atoms with Gasteiger partial charge in [-0.3, -0.25) is 4.79 Å². The van der Waals surface area contributed by atoms with Crippen LogP contribution in [0.2, 0.25) is 0 Å². The number of carboxylic acids is 1. The lowest BCUT2D eigenvalue weighted by Gasteiger charge is -2.29. The minimum Gasteiger partial charge on any atom is -0.480 e. The summed E-state index contributed by atoms with van der Waals surface area (Å²) in [7, 11) is 0. The Morgan fingerprint density at radius 3 is 1.70 bits per heavy atom. The smallest absolute Gasteiger partial charge is 0.319 e. The summed E-state index contributed by atoms with van der Waals surface area (Å²) < 4.78 is -0.777. The number of carboxylic acid groups (broad SMARTS) is 1. The topological polar surface area (TPSA) is 37.3 Å². The van der Waals surface area contributed by atoms with Gasteiger partial charge >= 0.3 is 5.97 Å². The molecule has 0 unspecified atom stereocenters. The number of hydrogen-bond acceptors (Lipinski definition) is 2. The highest BCUT2D eigenvalue weighted by Gasteiger charge is 2.34. The van der Waals surface area contributed by atoms with Gasteiger partial charge < -0.3 is 5.11 Å². The van der Waals surface area contributed by atoms with E-state index in [2.05, 4.69) is 59.7 Å². The van der Waals surface area contributed by atoms with Gasteiger partial charge in [0, 0.05) is 4.90 Å². The molecule has 2 nitrogen and oxygen atoms in total. The largest absolute Gasteiger partial charge is 0.480 e. The van der Waals surface area contributed by atoms with E-state index >= 15 is 0 Å². The van der Waals surface area contributed by atoms with Gasteiger partial charge in [0.25, 0.3) is 0 Å². The number of hydrogen-bond donors (Lipinski definition) is 1. The van der Waals surface area contributed by atoms with Crippen molar-refractivity contribution >= 4 is 17.7 Å². The van der Waals surface area contributed by atoms with Crippen LogP contribution in [-0.2, 0) is 15.6 Å². The second kappa shape index (κ2) is 6.88. The Balaban J connectivity index is 3.38. The second-order valence-corrected chi connectivity index (χ2v) is 10.2. The van der Waals surface area contributed by atoms with Gasteiger partial charge in [-0.15, -0.1) is 11.8 Å². The van der Waals surface area contributed by atoms with Gasteiger partial charge in [-0.1, -0.05) is 61.0 Å². The molecule has 0 aromatic heterocycles. The Morgan fingerprint density at radius 1 is 0.957 bits per heavy atom. The molecule has 0 saturated heterocycles. The third kappa shape index (κ3) is 5.27. The SMILES string of the molecule is CCC[C@@](C)(Sc1cc(C(C)(C)C)cc(C(C)(C)C)c1)C(=O)O. The Kier molecular flexibility index (Phi) is 6.01. The molecule has 3 heteroatoms. The fraction of sp³-hybridized carbons (Fsp3) is 0.650. The van der Waals surface area contributed by atoms with Crippen molar-refractivity contribution in [1.82, 2.24) is 0 Å². The standard InChI is InChI=1S/C20H32O2S/c1-9-10-20(8,17(21)22)23-16-12-14(18(2,3)4)11-15(13-16)19(5,6)7/h11-13H,9-10H2,1-8H3,(H,21,22)/t20-/m1/s1. The molecule has 0 radical (unpaired) electrons. The highest BCUT2D eigenvalue weighted by molar-refractivity contribution is 8.01. The molecule has 23 heavy (non-hydrogen) atoms. The molecule has 0 fully saturated rings. The third-order valence-electron chi connectivity index (χ3n) is 4.16. The first-order chi connectivity index (χ1) is 10.3. The number of thioether (sulfide) groups is 1. The molecule has 0 aliphatic heterocycles. The van der Waals surface area contributed by atoms with Crippen LogP contribution in [0, 0.1) is 0 Å². The first-order valence-electron chi connectivity index (χ1n) is 8.38. The van der Waals surface area contributed by atoms with Crippen LogP contribution in [0.1, 0.15) is 79.4 Å². The van der Waals surface area contributed by atoms with Gasteiger partial charge in [0.1, 0.15) is 4.75 Å². The summed E-state index contributed by atoms with van der Waals surface area (Å²) in [5, 5.41) is 9.66. The first kappa shape index (κ1) is 20.1. The highest BCUT2D eigenvalue weighted by atomic mass is 32.2. The van der Waals surface area contributed by atoms with Crippen molar-refractivity contribution in [1.29, 1.82) is 0 Å². The molecule has 0 aliphatic rings. The summed E-state index contributed by atoms with van der Waals surface area (Å²) in [6.45, 7) is 17.1. The van der Waals surface area contributed by atoms with E-state index in [9.17, 15) is 9.90 Å². The second-order valence-electron chi connectivity index (χ2n) is 8.63. The van der Waals surface area contributed by atoms with Crippen LogP contribution < -0.4 is 0 Å². The average molecular weight is 337 g/mol. The van der Waals surface area contributed by atoms with Crippen molar-refractivity contribution in [2.75, 3.05) is 0 Å². The van der Waals surface area contributed by atoms with Crippen molar-refractivity contribution in [3.8, 4) is 0 Å². The van der Waals surface area contributed by atoms with Crippen LogP contribution in [0.4, 0.5) is 0 Å². The van der Waals surface area contributed by atoms with Crippen LogP contribution in [0.15, 0.2) is 23.1 Å². The number of carbonyl (C=O) groups is 1. The molecule has 1 N–H and O–H groups in total. The Bertz CT molecular complexity index is 532. The predicted molar refractivity (Wildman–Crippen MR) is 101 cm³/mol. The molecule has 1 aromatic carbocycles. The lowest BCUT2D eigenvalue weighted by molar-refractivity contribution is -0.139. The quantitative estimate of drug-likeness (QED) is 0.668. The number of aliphatic carboxylic acids is 1. The van der Waals surface area contributed by atoms with Gasteiger partial charge in [0.15, 0.2) is 0 Å².